The van der Waals surface area contributed by atoms with Crippen molar-refractivity contribution in [1.82, 2.24) is 5.43 Å². The number of aliphatic imine (C=N–C) groups is 1. The summed E-state index contributed by atoms with van der Waals surface area (Å²) in [5, 5.41) is 13.8. The Morgan fingerprint density at radius 3 is 2.00 bits per heavy atom. The quantitative estimate of drug-likeness (QED) is 0.0819. The van der Waals surface area contributed by atoms with Gasteiger partial charge < -0.3 is 14.8 Å². The van der Waals surface area contributed by atoms with Crippen molar-refractivity contribution in [2.45, 2.75) is 130 Å². The van der Waals surface area contributed by atoms with E-state index < -0.39 is 11.9 Å². The van der Waals surface area contributed by atoms with Crippen molar-refractivity contribution < 1.29 is 19.1 Å². The molecule has 0 bridgehead atoms. The Bertz CT molecular complexity index is 1800. The van der Waals surface area contributed by atoms with E-state index in [4.69, 9.17) is 60.9 Å². The predicted octanol–water partition coefficient (Wildman–Crippen LogP) is 13.2. The van der Waals surface area contributed by atoms with Crippen LogP contribution in [0.3, 0.4) is 0 Å². The molecule has 1 atom stereocenters. The second kappa shape index (κ2) is 22.2. The van der Waals surface area contributed by atoms with Crippen LogP contribution < -0.4 is 25.2 Å². The molecule has 10 nitrogen and oxygen atoms in total. The van der Waals surface area contributed by atoms with Crippen LogP contribution in [0.15, 0.2) is 63.8 Å². The minimum Gasteiger partial charge on any atom is -0.487 e. The number of benzene rings is 3. The minimum atomic E-state index is -1.25. The maximum Gasteiger partial charge on any atom is 0.280 e. The Morgan fingerprint density at radius 2 is 1.38 bits per heavy atom. The number of ether oxygens (including phenoxy) is 2. The van der Waals surface area contributed by atoms with Gasteiger partial charge in [-0.05, 0) is 76.6 Å². The van der Waals surface area contributed by atoms with Crippen LogP contribution in [0.25, 0.3) is 0 Å². The first kappa shape index (κ1) is 44.1. The number of amides is 2. The van der Waals surface area contributed by atoms with E-state index in [1.807, 2.05) is 27.7 Å². The van der Waals surface area contributed by atoms with E-state index >= 15 is 0 Å². The number of rotatable bonds is 21. The van der Waals surface area contributed by atoms with Crippen LogP contribution in [0.1, 0.15) is 112 Å². The van der Waals surface area contributed by atoms with Crippen LogP contribution in [0, 0.1) is 0 Å². The number of anilines is 2. The number of halogens is 4. The van der Waals surface area contributed by atoms with Crippen molar-refractivity contribution in [1.29, 1.82) is 0 Å². The second-order valence-electron chi connectivity index (χ2n) is 14.1. The van der Waals surface area contributed by atoms with Crippen LogP contribution in [0.4, 0.5) is 22.7 Å². The zero-order chi connectivity index (χ0) is 39.9. The Balaban J connectivity index is 1.51. The molecule has 0 radical (unpaired) electrons. The van der Waals surface area contributed by atoms with Gasteiger partial charge in [0.1, 0.15) is 5.69 Å². The summed E-state index contributed by atoms with van der Waals surface area (Å²) in [7, 11) is 0. The molecule has 14 heteroatoms. The number of carbonyl (C=O) groups is 2. The first-order valence-corrected chi connectivity index (χ1v) is 20.7. The van der Waals surface area contributed by atoms with Crippen LogP contribution in [0.5, 0.6) is 11.5 Å². The minimum absolute atomic E-state index is 0.0755. The maximum absolute atomic E-state index is 14.0. The number of nitrogens with zero attached hydrogens (tertiary/aromatic N) is 4. The van der Waals surface area contributed by atoms with Gasteiger partial charge in [0.05, 0.1) is 38.7 Å². The van der Waals surface area contributed by atoms with Gasteiger partial charge >= 0.3 is 0 Å². The summed E-state index contributed by atoms with van der Waals surface area (Å²) in [6, 6.07) is 11.8. The Kier molecular flexibility index (Phi) is 17.9. The number of hydrogen-bond acceptors (Lipinski definition) is 7. The molecule has 298 valence electrons. The maximum atomic E-state index is 14.0. The van der Waals surface area contributed by atoms with E-state index in [9.17, 15) is 9.59 Å². The van der Waals surface area contributed by atoms with Crippen molar-refractivity contribution >= 4 is 86.8 Å². The second-order valence-corrected chi connectivity index (χ2v) is 15.7. The third-order valence-electron chi connectivity index (χ3n) is 8.56. The normalized spacial score (nSPS) is 15.1. The van der Waals surface area contributed by atoms with Crippen LogP contribution in [-0.2, 0) is 9.59 Å². The lowest BCUT2D eigenvalue weighted by Gasteiger charge is -2.19. The third kappa shape index (κ3) is 13.8. The zero-order valence-electron chi connectivity index (χ0n) is 32.3. The molecule has 0 spiro atoms. The van der Waals surface area contributed by atoms with Crippen molar-refractivity contribution in [3.63, 3.8) is 0 Å². The molecule has 1 saturated heterocycles. The summed E-state index contributed by atoms with van der Waals surface area (Å²) in [5.74, 6) is 0.490. The van der Waals surface area contributed by atoms with E-state index in [2.05, 4.69) is 27.9 Å². The highest BCUT2D eigenvalue weighted by Crippen LogP contribution is 2.39. The number of azo groups is 1. The fourth-order valence-electron chi connectivity index (χ4n) is 5.93. The third-order valence-corrected chi connectivity index (χ3v) is 9.68. The Hall–Kier alpha value is -3.57. The number of unbranched alkanes of at least 4 members (excludes halogenated alkanes) is 10. The summed E-state index contributed by atoms with van der Waals surface area (Å²) in [6.45, 7) is 9.90. The van der Waals surface area contributed by atoms with Gasteiger partial charge in [-0.1, -0.05) is 118 Å². The molecular formula is C41H52Cl4N6O4. The molecule has 0 saturated carbocycles. The number of carbonyl (C=O) groups excluding carboxylic acids is 2. The van der Waals surface area contributed by atoms with Gasteiger partial charge in [0, 0.05) is 23.2 Å². The molecule has 0 aliphatic carbocycles. The predicted molar refractivity (Wildman–Crippen MR) is 227 cm³/mol. The lowest BCUT2D eigenvalue weighted by atomic mass is 10.1. The van der Waals surface area contributed by atoms with Crippen LogP contribution >= 0.6 is 46.4 Å². The largest absolute Gasteiger partial charge is 0.487 e. The van der Waals surface area contributed by atoms with Gasteiger partial charge in [-0.15, -0.1) is 0 Å². The van der Waals surface area contributed by atoms with E-state index in [1.54, 1.807) is 36.4 Å². The number of amidine groups is 1. The first-order valence-electron chi connectivity index (χ1n) is 19.2. The smallest absolute Gasteiger partial charge is 0.280 e. The molecule has 1 fully saturated rings. The molecule has 2 N–H and O–H groups in total. The Labute approximate surface area is 345 Å². The molecule has 3 aromatic carbocycles. The SMILES string of the molecule is CCCCCCCCCCCCCC(=O)Nc1ccc(Cl)c(N=C2NN(c3c(Cl)cc(Cl)cc3Cl)C(=O)C2N=Nc2ccc(OC(C)C)c(OC(C)C)c2)c1. The van der Waals surface area contributed by atoms with Gasteiger partial charge in [0.2, 0.25) is 11.9 Å². The lowest BCUT2D eigenvalue weighted by molar-refractivity contribution is -0.118. The summed E-state index contributed by atoms with van der Waals surface area (Å²) in [6.07, 6.45) is 13.5. The van der Waals surface area contributed by atoms with Crippen molar-refractivity contribution in [3.8, 4) is 11.5 Å². The molecule has 1 unspecified atom stereocenters. The van der Waals surface area contributed by atoms with Gasteiger partial charge in [-0.3, -0.25) is 15.0 Å². The molecule has 0 aromatic heterocycles. The van der Waals surface area contributed by atoms with Gasteiger partial charge in [-0.25, -0.2) is 10.0 Å². The number of hydrogen-bond donors (Lipinski definition) is 2. The average Bonchev–Trinajstić information content (AvgIpc) is 3.41. The van der Waals surface area contributed by atoms with E-state index in [1.165, 1.54) is 63.5 Å². The summed E-state index contributed by atoms with van der Waals surface area (Å²) < 4.78 is 11.9. The van der Waals surface area contributed by atoms with Crippen LogP contribution in [-0.4, -0.2) is 35.9 Å². The first-order chi connectivity index (χ1) is 26.4. The topological polar surface area (TPSA) is 117 Å². The molecule has 1 heterocycles. The van der Waals surface area contributed by atoms with Crippen LogP contribution in [0.2, 0.25) is 20.1 Å². The highest BCUT2D eigenvalue weighted by atomic mass is 35.5. The molecule has 4 rings (SSSR count). The van der Waals surface area contributed by atoms with Gasteiger partial charge in [0.25, 0.3) is 5.91 Å². The molecular weight excluding hydrogens is 782 g/mol. The van der Waals surface area contributed by atoms with E-state index in [0.717, 1.165) is 24.3 Å². The summed E-state index contributed by atoms with van der Waals surface area (Å²) in [4.78, 5) is 31.6. The molecule has 1 aliphatic rings. The fraction of sp³-hybridized carbons (Fsp3) is 0.488. The van der Waals surface area contributed by atoms with Gasteiger partial charge in [-0.2, -0.15) is 10.2 Å². The van der Waals surface area contributed by atoms with E-state index in [-0.39, 0.29) is 44.7 Å². The monoisotopic (exact) mass is 832 g/mol. The van der Waals surface area contributed by atoms with Gasteiger partial charge in [0.15, 0.2) is 17.3 Å². The van der Waals surface area contributed by atoms with Crippen molar-refractivity contribution in [2.75, 3.05) is 10.3 Å². The highest BCUT2D eigenvalue weighted by molar-refractivity contribution is 6.43. The lowest BCUT2D eigenvalue weighted by Crippen LogP contribution is -2.36. The standard InChI is InChI=1S/C41H52Cl4N6O4/c1-6-7-8-9-10-11-12-13-14-15-16-17-37(52)46-29-18-20-31(43)34(24-29)47-40-38(41(53)51(50-40)39-32(44)22-28(42)23-33(39)45)49-48-30-19-21-35(54-26(2)3)36(25-30)55-27(4)5/h18-27,38H,6-17H2,1-5H3,(H,46,52)(H,47,50). The Morgan fingerprint density at radius 1 is 0.782 bits per heavy atom. The summed E-state index contributed by atoms with van der Waals surface area (Å²) >= 11 is 25.8. The molecule has 55 heavy (non-hydrogen) atoms. The van der Waals surface area contributed by atoms with Crippen molar-refractivity contribution in [3.05, 3.63) is 68.6 Å². The van der Waals surface area contributed by atoms with Crippen molar-refractivity contribution in [2.24, 2.45) is 15.2 Å². The summed E-state index contributed by atoms with van der Waals surface area (Å²) in [5.41, 5.74) is 4.38. The molecule has 1 aliphatic heterocycles. The molecule has 3 aromatic rings. The fourth-order valence-corrected chi connectivity index (χ4v) is 7.08. The molecule has 2 amide bonds. The number of hydrazine groups is 1. The average molecular weight is 835 g/mol. The van der Waals surface area contributed by atoms with E-state index in [0.29, 0.717) is 40.0 Å². The number of nitrogens with one attached hydrogen (secondary N) is 2. The zero-order valence-corrected chi connectivity index (χ0v) is 35.3. The highest BCUT2D eigenvalue weighted by Gasteiger charge is 2.41.